The van der Waals surface area contributed by atoms with E-state index in [9.17, 15) is 9.90 Å². The number of H-pyrrole nitrogens is 1. The first-order chi connectivity index (χ1) is 11.5. The summed E-state index contributed by atoms with van der Waals surface area (Å²) < 4.78 is 0. The monoisotopic (exact) mass is 343 g/mol. The minimum absolute atomic E-state index is 0.203. The number of nitrogens with one attached hydrogen (secondary N) is 3. The lowest BCUT2D eigenvalue weighted by Gasteiger charge is -2.17. The fraction of sp³-hybridized carbons (Fsp3) is 0.167. The van der Waals surface area contributed by atoms with Gasteiger partial charge in [0.05, 0.1) is 12.6 Å². The highest BCUT2D eigenvalue weighted by atomic mass is 35.5. The van der Waals surface area contributed by atoms with E-state index in [1.54, 1.807) is 24.3 Å². The van der Waals surface area contributed by atoms with E-state index in [1.165, 1.54) is 0 Å². The summed E-state index contributed by atoms with van der Waals surface area (Å²) in [5.41, 5.74) is 3.56. The maximum atomic E-state index is 12.2. The Hall–Kier alpha value is -2.50. The van der Waals surface area contributed by atoms with Gasteiger partial charge in [-0.1, -0.05) is 23.7 Å². The maximum Gasteiger partial charge on any atom is 0.319 e. The van der Waals surface area contributed by atoms with Crippen molar-refractivity contribution in [3.8, 4) is 0 Å². The highest BCUT2D eigenvalue weighted by Gasteiger charge is 2.14. The molecule has 0 saturated carbocycles. The third-order valence-corrected chi connectivity index (χ3v) is 4.03. The number of aliphatic hydroxyl groups excluding tert-OH is 1. The van der Waals surface area contributed by atoms with Crippen molar-refractivity contribution >= 4 is 34.2 Å². The first-order valence-electron chi connectivity index (χ1n) is 7.58. The Morgan fingerprint density at radius 1 is 1.21 bits per heavy atom. The average Bonchev–Trinajstić information content (AvgIpc) is 2.93. The number of carbonyl (C=O) groups excluding carboxylic acids is 1. The van der Waals surface area contributed by atoms with Crippen molar-refractivity contribution in [2.24, 2.45) is 0 Å². The molecule has 0 radical (unpaired) electrons. The summed E-state index contributed by atoms with van der Waals surface area (Å²) in [6, 6.07) is 13.8. The Morgan fingerprint density at radius 3 is 2.67 bits per heavy atom. The zero-order valence-electron chi connectivity index (χ0n) is 13.1. The van der Waals surface area contributed by atoms with Crippen molar-refractivity contribution in [2.75, 3.05) is 11.9 Å². The van der Waals surface area contributed by atoms with Crippen LogP contribution in [-0.4, -0.2) is 22.7 Å². The lowest BCUT2D eigenvalue weighted by Crippen LogP contribution is -2.34. The number of carbonyl (C=O) groups is 1. The number of amides is 2. The molecule has 0 aliphatic heterocycles. The Morgan fingerprint density at radius 2 is 1.96 bits per heavy atom. The van der Waals surface area contributed by atoms with Gasteiger partial charge in [0.1, 0.15) is 0 Å². The number of anilines is 1. The molecule has 0 fully saturated rings. The highest BCUT2D eigenvalue weighted by Crippen LogP contribution is 2.20. The van der Waals surface area contributed by atoms with E-state index < -0.39 is 6.04 Å². The SMILES string of the molecule is Cc1cc2cc(NC(=O)NC(CO)c3ccc(Cl)cc3)ccc2[nH]1. The van der Waals surface area contributed by atoms with Crippen molar-refractivity contribution in [3.63, 3.8) is 0 Å². The molecule has 0 aliphatic carbocycles. The second kappa shape index (κ2) is 6.95. The van der Waals surface area contributed by atoms with Crippen LogP contribution in [0.4, 0.5) is 10.5 Å². The summed E-state index contributed by atoms with van der Waals surface area (Å²) >= 11 is 5.86. The predicted octanol–water partition coefficient (Wildman–Crippen LogP) is 3.98. The van der Waals surface area contributed by atoms with E-state index in [1.807, 2.05) is 31.2 Å². The molecule has 1 atom stereocenters. The van der Waals surface area contributed by atoms with E-state index in [0.717, 1.165) is 22.2 Å². The lowest BCUT2D eigenvalue weighted by atomic mass is 10.1. The number of aryl methyl sites for hydroxylation is 1. The van der Waals surface area contributed by atoms with Gasteiger partial charge in [0, 0.05) is 27.3 Å². The first kappa shape index (κ1) is 16.4. The van der Waals surface area contributed by atoms with Gasteiger partial charge in [-0.05, 0) is 48.9 Å². The number of aromatic amines is 1. The van der Waals surface area contributed by atoms with Crippen LogP contribution < -0.4 is 10.6 Å². The second-order valence-corrected chi connectivity index (χ2v) is 6.08. The normalized spacial score (nSPS) is 12.1. The molecule has 24 heavy (non-hydrogen) atoms. The third-order valence-electron chi connectivity index (χ3n) is 3.77. The number of hydrogen-bond acceptors (Lipinski definition) is 2. The van der Waals surface area contributed by atoms with Crippen LogP contribution in [0.15, 0.2) is 48.5 Å². The van der Waals surface area contributed by atoms with Gasteiger partial charge in [0.25, 0.3) is 0 Å². The van der Waals surface area contributed by atoms with E-state index in [-0.39, 0.29) is 12.6 Å². The summed E-state index contributed by atoms with van der Waals surface area (Å²) in [4.78, 5) is 15.4. The van der Waals surface area contributed by atoms with Crippen LogP contribution in [0.2, 0.25) is 5.02 Å². The molecule has 2 aromatic carbocycles. The van der Waals surface area contributed by atoms with Gasteiger partial charge in [0.2, 0.25) is 0 Å². The number of aromatic nitrogens is 1. The number of rotatable bonds is 4. The summed E-state index contributed by atoms with van der Waals surface area (Å²) in [5.74, 6) is 0. The summed E-state index contributed by atoms with van der Waals surface area (Å²) in [7, 11) is 0. The van der Waals surface area contributed by atoms with Crippen LogP contribution in [0.5, 0.6) is 0 Å². The standard InChI is InChI=1S/C18H18ClN3O2/c1-11-8-13-9-15(6-7-16(13)20-11)21-18(24)22-17(10-23)12-2-4-14(19)5-3-12/h2-9,17,20,23H,10H2,1H3,(H2,21,22,24). The van der Waals surface area contributed by atoms with Crippen LogP contribution in [0.25, 0.3) is 10.9 Å². The molecule has 6 heteroatoms. The number of aliphatic hydroxyl groups is 1. The van der Waals surface area contributed by atoms with Gasteiger partial charge in [-0.3, -0.25) is 0 Å². The molecule has 124 valence electrons. The molecular weight excluding hydrogens is 326 g/mol. The summed E-state index contributed by atoms with van der Waals surface area (Å²) in [6.07, 6.45) is 0. The minimum Gasteiger partial charge on any atom is -0.394 e. The molecule has 2 amide bonds. The topological polar surface area (TPSA) is 77.2 Å². The van der Waals surface area contributed by atoms with Crippen LogP contribution in [0.1, 0.15) is 17.3 Å². The Kier molecular flexibility index (Phi) is 4.74. The minimum atomic E-state index is -0.500. The molecule has 0 bridgehead atoms. The molecule has 1 aromatic heterocycles. The number of benzene rings is 2. The van der Waals surface area contributed by atoms with Gasteiger partial charge < -0.3 is 20.7 Å². The predicted molar refractivity (Wildman–Crippen MR) is 96.5 cm³/mol. The fourth-order valence-corrected chi connectivity index (χ4v) is 2.74. The summed E-state index contributed by atoms with van der Waals surface area (Å²) in [5, 5.41) is 16.7. The largest absolute Gasteiger partial charge is 0.394 e. The first-order valence-corrected chi connectivity index (χ1v) is 7.96. The van der Waals surface area contributed by atoms with Crippen LogP contribution in [0.3, 0.4) is 0 Å². The van der Waals surface area contributed by atoms with Gasteiger partial charge in [-0.15, -0.1) is 0 Å². The third kappa shape index (κ3) is 3.69. The van der Waals surface area contributed by atoms with Gasteiger partial charge in [0.15, 0.2) is 0 Å². The molecule has 3 aromatic rings. The number of hydrogen-bond donors (Lipinski definition) is 4. The van der Waals surface area contributed by atoms with E-state index in [0.29, 0.717) is 10.7 Å². The number of fused-ring (bicyclic) bond motifs is 1. The molecule has 3 rings (SSSR count). The summed E-state index contributed by atoms with van der Waals surface area (Å²) in [6.45, 7) is 1.78. The Bertz CT molecular complexity index is 858. The van der Waals surface area contributed by atoms with Crippen molar-refractivity contribution in [2.45, 2.75) is 13.0 Å². The molecular formula is C18H18ClN3O2. The fourth-order valence-electron chi connectivity index (χ4n) is 2.61. The van der Waals surface area contributed by atoms with Gasteiger partial charge in [-0.25, -0.2) is 4.79 Å². The maximum absolute atomic E-state index is 12.2. The zero-order chi connectivity index (χ0) is 17.1. The highest BCUT2D eigenvalue weighted by molar-refractivity contribution is 6.30. The molecule has 0 aliphatic rings. The molecule has 1 heterocycles. The van der Waals surface area contributed by atoms with Gasteiger partial charge in [-0.2, -0.15) is 0 Å². The lowest BCUT2D eigenvalue weighted by molar-refractivity contribution is 0.225. The number of halogens is 1. The van der Waals surface area contributed by atoms with Crippen molar-refractivity contribution in [1.82, 2.24) is 10.3 Å². The van der Waals surface area contributed by atoms with Crippen LogP contribution in [0, 0.1) is 6.92 Å². The Balaban J connectivity index is 1.69. The molecule has 0 spiro atoms. The van der Waals surface area contributed by atoms with Gasteiger partial charge >= 0.3 is 6.03 Å². The van der Waals surface area contributed by atoms with Crippen molar-refractivity contribution < 1.29 is 9.90 Å². The Labute approximate surface area is 144 Å². The molecule has 5 nitrogen and oxygen atoms in total. The van der Waals surface area contributed by atoms with Crippen LogP contribution >= 0.6 is 11.6 Å². The van der Waals surface area contributed by atoms with Crippen LogP contribution in [-0.2, 0) is 0 Å². The second-order valence-electron chi connectivity index (χ2n) is 5.64. The van der Waals surface area contributed by atoms with E-state index >= 15 is 0 Å². The van der Waals surface area contributed by atoms with Crippen molar-refractivity contribution in [1.29, 1.82) is 0 Å². The average molecular weight is 344 g/mol. The zero-order valence-corrected chi connectivity index (χ0v) is 13.9. The number of urea groups is 1. The smallest absolute Gasteiger partial charge is 0.319 e. The molecule has 4 N–H and O–H groups in total. The van der Waals surface area contributed by atoms with E-state index in [2.05, 4.69) is 15.6 Å². The van der Waals surface area contributed by atoms with E-state index in [4.69, 9.17) is 11.6 Å². The quantitative estimate of drug-likeness (QED) is 0.578. The molecule has 1 unspecified atom stereocenters. The van der Waals surface area contributed by atoms with Crippen molar-refractivity contribution in [3.05, 3.63) is 64.8 Å². The molecule has 0 saturated heterocycles.